The fourth-order valence-corrected chi connectivity index (χ4v) is 1.91. The van der Waals surface area contributed by atoms with Gasteiger partial charge in [0, 0.05) is 10.2 Å². The van der Waals surface area contributed by atoms with Crippen LogP contribution in [0.1, 0.15) is 11.1 Å². The van der Waals surface area contributed by atoms with Crippen LogP contribution in [0, 0.1) is 13.8 Å². The van der Waals surface area contributed by atoms with E-state index in [1.54, 1.807) is 0 Å². The maximum atomic E-state index is 11.7. The first-order valence-corrected chi connectivity index (χ1v) is 6.60. The van der Waals surface area contributed by atoms with Crippen LogP contribution in [0.15, 0.2) is 28.4 Å². The van der Waals surface area contributed by atoms with Crippen molar-refractivity contribution in [2.45, 2.75) is 13.8 Å². The molecule has 20 heavy (non-hydrogen) atoms. The molecule has 0 fully saturated rings. The molecule has 1 rings (SSSR count). The second kappa shape index (κ2) is 7.09. The molecule has 108 valence electrons. The molecule has 0 saturated heterocycles. The van der Waals surface area contributed by atoms with Crippen LogP contribution in [0.5, 0.6) is 0 Å². The van der Waals surface area contributed by atoms with Crippen molar-refractivity contribution in [2.24, 2.45) is 0 Å². The van der Waals surface area contributed by atoms with Gasteiger partial charge in [0.1, 0.15) is 5.70 Å². The number of aryl methyl sites for hydroxylation is 1. The molecule has 0 heterocycles. The molecule has 1 N–H and O–H groups in total. The minimum absolute atomic E-state index is 0.0173. The van der Waals surface area contributed by atoms with Gasteiger partial charge in [0.05, 0.1) is 20.3 Å². The van der Waals surface area contributed by atoms with Crippen LogP contribution in [-0.4, -0.2) is 26.2 Å². The van der Waals surface area contributed by atoms with Gasteiger partial charge in [-0.3, -0.25) is 0 Å². The fraction of sp³-hybridized carbons (Fsp3) is 0.286. The van der Waals surface area contributed by atoms with Crippen molar-refractivity contribution in [1.29, 1.82) is 0 Å². The van der Waals surface area contributed by atoms with Gasteiger partial charge in [-0.1, -0.05) is 22.0 Å². The lowest BCUT2D eigenvalue weighted by Gasteiger charge is -2.15. The van der Waals surface area contributed by atoms with Gasteiger partial charge in [0.25, 0.3) is 0 Å². The maximum Gasteiger partial charge on any atom is 0.354 e. The molecule has 1 aromatic carbocycles. The number of benzene rings is 1. The van der Waals surface area contributed by atoms with E-state index in [9.17, 15) is 9.59 Å². The lowest BCUT2D eigenvalue weighted by Crippen LogP contribution is -2.16. The van der Waals surface area contributed by atoms with E-state index in [1.165, 1.54) is 14.2 Å². The topological polar surface area (TPSA) is 64.6 Å². The molecule has 0 bridgehead atoms. The zero-order chi connectivity index (χ0) is 15.3. The summed E-state index contributed by atoms with van der Waals surface area (Å²) in [5, 5.41) is 2.93. The summed E-state index contributed by atoms with van der Waals surface area (Å²) in [7, 11) is 2.49. The van der Waals surface area contributed by atoms with Crippen LogP contribution in [-0.2, 0) is 19.1 Å². The van der Waals surface area contributed by atoms with Gasteiger partial charge in [-0.05, 0) is 31.0 Å². The van der Waals surface area contributed by atoms with E-state index in [1.807, 2.05) is 26.0 Å². The summed E-state index contributed by atoms with van der Waals surface area (Å²) >= 11 is 3.42. The summed E-state index contributed by atoms with van der Waals surface area (Å²) in [6, 6.07) is 3.81. The molecular formula is C14H16BrNO4. The molecule has 5 nitrogen and oxygen atoms in total. The van der Waals surface area contributed by atoms with Crippen molar-refractivity contribution in [3.05, 3.63) is 39.5 Å². The summed E-state index contributed by atoms with van der Waals surface area (Å²) in [4.78, 5) is 23.0. The monoisotopic (exact) mass is 341 g/mol. The lowest BCUT2D eigenvalue weighted by atomic mass is 10.1. The van der Waals surface area contributed by atoms with Gasteiger partial charge < -0.3 is 14.8 Å². The number of hydrogen-bond donors (Lipinski definition) is 1. The van der Waals surface area contributed by atoms with E-state index in [4.69, 9.17) is 0 Å². The first-order chi connectivity index (χ1) is 9.40. The highest BCUT2D eigenvalue weighted by Crippen LogP contribution is 2.28. The quantitative estimate of drug-likeness (QED) is 0.673. The normalized spacial score (nSPS) is 10.9. The Morgan fingerprint density at radius 3 is 2.40 bits per heavy atom. The third-order valence-corrected chi connectivity index (χ3v) is 3.59. The number of nitrogens with one attached hydrogen (secondary N) is 1. The third-order valence-electron chi connectivity index (χ3n) is 2.74. The summed E-state index contributed by atoms with van der Waals surface area (Å²) in [6.07, 6.45) is 1.06. The van der Waals surface area contributed by atoms with Crippen molar-refractivity contribution >= 4 is 33.6 Å². The van der Waals surface area contributed by atoms with Crippen LogP contribution in [0.3, 0.4) is 0 Å². The zero-order valence-corrected chi connectivity index (χ0v) is 13.3. The maximum absolute atomic E-state index is 11.7. The lowest BCUT2D eigenvalue weighted by molar-refractivity contribution is -0.138. The van der Waals surface area contributed by atoms with Gasteiger partial charge in [0.2, 0.25) is 0 Å². The van der Waals surface area contributed by atoms with E-state index < -0.39 is 11.9 Å². The van der Waals surface area contributed by atoms with E-state index in [-0.39, 0.29) is 5.70 Å². The molecule has 0 unspecified atom stereocenters. The molecule has 0 atom stereocenters. The summed E-state index contributed by atoms with van der Waals surface area (Å²) < 4.78 is 10.1. The minimum atomic E-state index is -0.644. The Labute approximate surface area is 126 Å². The Morgan fingerprint density at radius 1 is 1.20 bits per heavy atom. The zero-order valence-electron chi connectivity index (χ0n) is 11.7. The third kappa shape index (κ3) is 3.84. The molecule has 0 amide bonds. The summed E-state index contributed by atoms with van der Waals surface area (Å²) in [5.74, 6) is -1.28. The first-order valence-electron chi connectivity index (χ1n) is 5.81. The Bertz CT molecular complexity index is 567. The highest BCUT2D eigenvalue weighted by atomic mass is 79.9. The van der Waals surface area contributed by atoms with Gasteiger partial charge >= 0.3 is 11.9 Å². The molecule has 6 heteroatoms. The van der Waals surface area contributed by atoms with E-state index >= 15 is 0 Å². The van der Waals surface area contributed by atoms with Gasteiger partial charge in [-0.2, -0.15) is 0 Å². The molecule has 0 aromatic heterocycles. The molecule has 0 saturated carbocycles. The Hall–Kier alpha value is -1.82. The van der Waals surface area contributed by atoms with E-state index in [0.29, 0.717) is 0 Å². The fourth-order valence-electron chi connectivity index (χ4n) is 1.58. The smallest absolute Gasteiger partial charge is 0.354 e. The average Bonchev–Trinajstić information content (AvgIpc) is 2.45. The minimum Gasteiger partial charge on any atom is -0.466 e. The van der Waals surface area contributed by atoms with Crippen LogP contribution in [0.25, 0.3) is 0 Å². The molecular weight excluding hydrogens is 326 g/mol. The number of rotatable bonds is 4. The van der Waals surface area contributed by atoms with Crippen molar-refractivity contribution in [3.63, 3.8) is 0 Å². The summed E-state index contributed by atoms with van der Waals surface area (Å²) in [6.45, 7) is 3.79. The Morgan fingerprint density at radius 2 is 1.85 bits per heavy atom. The average molecular weight is 342 g/mol. The van der Waals surface area contributed by atoms with Gasteiger partial charge in [0.15, 0.2) is 0 Å². The van der Waals surface area contributed by atoms with Crippen LogP contribution < -0.4 is 5.32 Å². The van der Waals surface area contributed by atoms with Crippen molar-refractivity contribution in [1.82, 2.24) is 0 Å². The first kappa shape index (κ1) is 16.2. The number of carbonyl (C=O) groups is 2. The van der Waals surface area contributed by atoms with Crippen LogP contribution in [0.2, 0.25) is 0 Å². The molecule has 0 radical (unpaired) electrons. The number of anilines is 1. The van der Waals surface area contributed by atoms with Crippen molar-refractivity contribution in [2.75, 3.05) is 19.5 Å². The largest absolute Gasteiger partial charge is 0.466 e. The van der Waals surface area contributed by atoms with Gasteiger partial charge in [-0.15, -0.1) is 0 Å². The van der Waals surface area contributed by atoms with Crippen LogP contribution in [0.4, 0.5) is 5.69 Å². The molecule has 0 aliphatic rings. The number of carbonyl (C=O) groups excluding carboxylic acids is 2. The Balaban J connectivity index is 3.21. The number of halogens is 1. The number of hydrogen-bond acceptors (Lipinski definition) is 5. The van der Waals surface area contributed by atoms with Crippen molar-refractivity contribution < 1.29 is 19.1 Å². The van der Waals surface area contributed by atoms with Gasteiger partial charge in [-0.25, -0.2) is 9.59 Å². The number of esters is 2. The molecule has 0 aliphatic heterocycles. The highest BCUT2D eigenvalue weighted by Gasteiger charge is 2.15. The summed E-state index contributed by atoms with van der Waals surface area (Å²) in [5.41, 5.74) is 2.61. The number of methoxy groups -OCH3 is 2. The molecule has 1 aromatic rings. The van der Waals surface area contributed by atoms with E-state index in [2.05, 4.69) is 30.7 Å². The molecule has 0 spiro atoms. The van der Waals surface area contributed by atoms with E-state index in [0.717, 1.165) is 27.4 Å². The predicted molar refractivity (Wildman–Crippen MR) is 79.4 cm³/mol. The molecule has 0 aliphatic carbocycles. The SMILES string of the molecule is COC(=O)/C=C(/Nc1c(C)ccc(Br)c1C)C(=O)OC. The second-order valence-electron chi connectivity index (χ2n) is 4.06. The Kier molecular flexibility index (Phi) is 5.76. The second-order valence-corrected chi connectivity index (χ2v) is 4.92. The highest BCUT2D eigenvalue weighted by molar-refractivity contribution is 9.10. The predicted octanol–water partition coefficient (Wildman–Crippen LogP) is 2.71. The van der Waals surface area contributed by atoms with Crippen molar-refractivity contribution in [3.8, 4) is 0 Å². The van der Waals surface area contributed by atoms with Crippen LogP contribution >= 0.6 is 15.9 Å². The standard InChI is InChI=1S/C14H16BrNO4/c1-8-5-6-10(15)9(2)13(8)16-11(14(18)20-4)7-12(17)19-3/h5-7,16H,1-4H3/b11-7+. The number of ether oxygens (including phenoxy) is 2.